The fourth-order valence-electron chi connectivity index (χ4n) is 0.0745. The molecule has 0 bridgehead atoms. The second kappa shape index (κ2) is 3.08. The zero-order valence-corrected chi connectivity index (χ0v) is 4.07. The van der Waals surface area contributed by atoms with Crippen molar-refractivity contribution in [3.05, 3.63) is 0 Å². The maximum atomic E-state index is 9.35. The van der Waals surface area contributed by atoms with Gasteiger partial charge in [-0.3, -0.25) is 0 Å². The molecular formula is CH5NO3S. The minimum atomic E-state index is -2.71. The topological polar surface area (TPSA) is 55.4 Å². The highest BCUT2D eigenvalue weighted by Crippen LogP contribution is 1.53. The molecule has 6 heavy (non-hydrogen) atoms. The molecule has 0 aliphatic rings. The lowest BCUT2D eigenvalue weighted by Gasteiger charge is -1.80. The van der Waals surface area contributed by atoms with Gasteiger partial charge in [-0.05, 0) is 0 Å². The fraction of sp³-hybridized carbons (Fsp3) is 1.00. The lowest BCUT2D eigenvalue weighted by atomic mass is 11.6. The summed E-state index contributed by atoms with van der Waals surface area (Å²) < 4.78 is 22.4. The van der Waals surface area contributed by atoms with Crippen LogP contribution in [0.4, 0.5) is 0 Å². The molecule has 0 radical (unpaired) electrons. The maximum Gasteiger partial charge on any atom is 0.273 e. The molecule has 0 aliphatic heterocycles. The summed E-state index contributed by atoms with van der Waals surface area (Å²) in [6, 6.07) is 0. The van der Waals surface area contributed by atoms with Crippen LogP contribution in [0.5, 0.6) is 0 Å². The van der Waals surface area contributed by atoms with Crippen molar-refractivity contribution < 1.29 is 12.7 Å². The van der Waals surface area contributed by atoms with Crippen molar-refractivity contribution in [1.82, 2.24) is 5.48 Å². The summed E-state index contributed by atoms with van der Waals surface area (Å²) in [5.74, 6) is 0. The standard InChI is InChI=1S/CH5NO3S/c1-2-5-6(3)4/h2,6H,1H3. The summed E-state index contributed by atoms with van der Waals surface area (Å²) in [5, 5.41) is 0. The van der Waals surface area contributed by atoms with E-state index in [0.29, 0.717) is 0 Å². The van der Waals surface area contributed by atoms with Gasteiger partial charge in [-0.15, -0.1) is 0 Å². The van der Waals surface area contributed by atoms with Gasteiger partial charge in [0.1, 0.15) is 0 Å². The lowest BCUT2D eigenvalue weighted by molar-refractivity contribution is 0.243. The van der Waals surface area contributed by atoms with Gasteiger partial charge in [0.25, 0.3) is 11.0 Å². The zero-order valence-electron chi connectivity index (χ0n) is 3.17. The van der Waals surface area contributed by atoms with E-state index in [9.17, 15) is 8.42 Å². The van der Waals surface area contributed by atoms with E-state index >= 15 is 0 Å². The molecule has 0 saturated carbocycles. The maximum absolute atomic E-state index is 9.35. The third kappa shape index (κ3) is 3.87. The molecule has 0 saturated heterocycles. The number of rotatable bonds is 2. The highest BCUT2D eigenvalue weighted by molar-refractivity contribution is 7.67. The Bertz CT molecular complexity index is 78.8. The van der Waals surface area contributed by atoms with E-state index in [1.54, 1.807) is 0 Å². The Morgan fingerprint density at radius 1 is 1.67 bits per heavy atom. The summed E-state index contributed by atoms with van der Waals surface area (Å²) in [6.45, 7) is 0. The van der Waals surface area contributed by atoms with Gasteiger partial charge in [0.2, 0.25) is 0 Å². The normalized spacial score (nSPS) is 9.67. The molecule has 0 atom stereocenters. The van der Waals surface area contributed by atoms with Crippen LogP contribution in [0.25, 0.3) is 0 Å². The molecule has 38 valence electrons. The van der Waals surface area contributed by atoms with Gasteiger partial charge in [-0.1, -0.05) is 0 Å². The van der Waals surface area contributed by atoms with Gasteiger partial charge >= 0.3 is 0 Å². The Morgan fingerprint density at radius 3 is 2.17 bits per heavy atom. The molecule has 0 spiro atoms. The van der Waals surface area contributed by atoms with Crippen molar-refractivity contribution in [3.63, 3.8) is 0 Å². The Kier molecular flexibility index (Phi) is 3.01. The molecule has 0 rings (SSSR count). The predicted molar refractivity (Wildman–Crippen MR) is 20.5 cm³/mol. The van der Waals surface area contributed by atoms with Crippen LogP contribution >= 0.6 is 0 Å². The van der Waals surface area contributed by atoms with E-state index in [-0.39, 0.29) is 0 Å². The molecule has 0 unspecified atom stereocenters. The molecule has 0 aromatic rings. The van der Waals surface area contributed by atoms with Gasteiger partial charge in [-0.25, -0.2) is 8.42 Å². The zero-order chi connectivity index (χ0) is 4.99. The van der Waals surface area contributed by atoms with Crippen molar-refractivity contribution in [1.29, 1.82) is 0 Å². The van der Waals surface area contributed by atoms with E-state index < -0.39 is 11.0 Å². The van der Waals surface area contributed by atoms with Crippen LogP contribution in [0.1, 0.15) is 0 Å². The van der Waals surface area contributed by atoms with Gasteiger partial charge in [0.05, 0.1) is 0 Å². The minimum Gasteiger partial charge on any atom is -0.201 e. The largest absolute Gasteiger partial charge is 0.273 e. The second-order valence-electron chi connectivity index (χ2n) is 0.519. The quantitative estimate of drug-likeness (QED) is 0.342. The molecular weight excluding hydrogens is 106 g/mol. The Labute approximate surface area is 37.2 Å². The molecule has 0 aromatic carbocycles. The number of hydrogen-bond acceptors (Lipinski definition) is 4. The number of thiol groups is 1. The average molecular weight is 111 g/mol. The number of nitrogens with one attached hydrogen (secondary N) is 1. The average Bonchev–Trinajstić information content (AvgIpc) is 1.35. The van der Waals surface area contributed by atoms with Crippen LogP contribution in [0.15, 0.2) is 0 Å². The first kappa shape index (κ1) is 5.87. The van der Waals surface area contributed by atoms with Crippen molar-refractivity contribution in [2.24, 2.45) is 0 Å². The van der Waals surface area contributed by atoms with Crippen LogP contribution in [0, 0.1) is 0 Å². The molecule has 0 aliphatic carbocycles. The summed E-state index contributed by atoms with van der Waals surface area (Å²) in [6.07, 6.45) is 0. The van der Waals surface area contributed by atoms with Crippen molar-refractivity contribution in [2.45, 2.75) is 0 Å². The molecule has 0 fully saturated rings. The third-order valence-corrected chi connectivity index (χ3v) is 0.497. The number of hydroxylamine groups is 1. The van der Waals surface area contributed by atoms with Crippen LogP contribution in [0.2, 0.25) is 0 Å². The van der Waals surface area contributed by atoms with Gasteiger partial charge in [0, 0.05) is 7.05 Å². The first-order valence-electron chi connectivity index (χ1n) is 1.25. The summed E-state index contributed by atoms with van der Waals surface area (Å²) in [4.78, 5) is 0. The first-order chi connectivity index (χ1) is 2.77. The van der Waals surface area contributed by atoms with Crippen molar-refractivity contribution in [2.75, 3.05) is 7.05 Å². The van der Waals surface area contributed by atoms with E-state index in [1.807, 2.05) is 5.48 Å². The van der Waals surface area contributed by atoms with E-state index in [1.165, 1.54) is 7.05 Å². The second-order valence-corrected chi connectivity index (χ2v) is 1.15. The van der Waals surface area contributed by atoms with Gasteiger partial charge in [0.15, 0.2) is 0 Å². The highest BCUT2D eigenvalue weighted by atomic mass is 32.2. The lowest BCUT2D eigenvalue weighted by Crippen LogP contribution is -2.04. The molecule has 0 aromatic heterocycles. The molecule has 0 amide bonds. The third-order valence-electron chi connectivity index (χ3n) is 0.166. The van der Waals surface area contributed by atoms with Crippen LogP contribution in [0.3, 0.4) is 0 Å². The van der Waals surface area contributed by atoms with E-state index in [0.717, 1.165) is 0 Å². The molecule has 5 heteroatoms. The Hall–Kier alpha value is -0.130. The van der Waals surface area contributed by atoms with E-state index in [2.05, 4.69) is 4.28 Å². The van der Waals surface area contributed by atoms with E-state index in [4.69, 9.17) is 0 Å². The summed E-state index contributed by atoms with van der Waals surface area (Å²) >= 11 is 0. The summed E-state index contributed by atoms with van der Waals surface area (Å²) in [7, 11) is -1.35. The predicted octanol–water partition coefficient (Wildman–Crippen LogP) is -1.34. The van der Waals surface area contributed by atoms with Crippen molar-refractivity contribution >= 4 is 11.0 Å². The van der Waals surface area contributed by atoms with Crippen LogP contribution in [-0.2, 0) is 15.3 Å². The highest BCUT2D eigenvalue weighted by Gasteiger charge is 1.70. The minimum absolute atomic E-state index is 1.37. The first-order valence-corrected chi connectivity index (χ1v) is 2.35. The Morgan fingerprint density at radius 2 is 2.17 bits per heavy atom. The summed E-state index contributed by atoms with van der Waals surface area (Å²) in [5.41, 5.74) is 1.97. The van der Waals surface area contributed by atoms with Gasteiger partial charge in [-0.2, -0.15) is 9.76 Å². The molecule has 4 nitrogen and oxygen atoms in total. The van der Waals surface area contributed by atoms with Crippen LogP contribution in [-0.4, -0.2) is 15.5 Å². The fourth-order valence-corrected chi connectivity index (χ4v) is 0.224. The number of hydrogen-bond donors (Lipinski definition) is 2. The Balaban J connectivity index is 3.07. The van der Waals surface area contributed by atoms with Gasteiger partial charge < -0.3 is 0 Å². The molecule has 0 heterocycles. The smallest absolute Gasteiger partial charge is 0.201 e. The van der Waals surface area contributed by atoms with Crippen LogP contribution < -0.4 is 5.48 Å². The monoisotopic (exact) mass is 111 g/mol. The SMILES string of the molecule is CNO[SH](=O)=O. The molecule has 1 N–H and O–H groups in total. The van der Waals surface area contributed by atoms with Crippen molar-refractivity contribution in [3.8, 4) is 0 Å².